The number of carbonyl (C=O) groups is 1. The third-order valence-corrected chi connectivity index (χ3v) is 2.80. The third kappa shape index (κ3) is 4.42. The molecule has 20 heavy (non-hydrogen) atoms. The van der Waals surface area contributed by atoms with Gasteiger partial charge in [-0.1, -0.05) is 19.9 Å². The normalized spacial score (nSPS) is 12.2. The molecule has 0 fully saturated rings. The molecule has 0 radical (unpaired) electrons. The molecule has 5 heteroatoms. The van der Waals surface area contributed by atoms with Crippen LogP contribution < -0.4 is 14.8 Å². The first-order valence-electron chi connectivity index (χ1n) is 6.76. The molecule has 1 aromatic carbocycles. The highest BCUT2D eigenvalue weighted by Gasteiger charge is 2.21. The van der Waals surface area contributed by atoms with E-state index in [0.717, 1.165) is 0 Å². The highest BCUT2D eigenvalue weighted by atomic mass is 16.5. The van der Waals surface area contributed by atoms with E-state index in [4.69, 9.17) is 9.47 Å². The minimum Gasteiger partial charge on any atom is -0.493 e. The van der Waals surface area contributed by atoms with E-state index in [1.807, 2.05) is 20.8 Å². The van der Waals surface area contributed by atoms with Gasteiger partial charge in [-0.2, -0.15) is 0 Å². The molecular weight excluding hydrogens is 258 g/mol. The molecule has 5 nitrogen and oxygen atoms in total. The van der Waals surface area contributed by atoms with Crippen LogP contribution in [0.25, 0.3) is 0 Å². The van der Waals surface area contributed by atoms with Crippen molar-refractivity contribution in [1.82, 2.24) is 5.32 Å². The summed E-state index contributed by atoms with van der Waals surface area (Å²) in [5.41, 5.74) is 0.651. The second-order valence-corrected chi connectivity index (χ2v) is 4.92. The molecule has 0 amide bonds. The zero-order valence-corrected chi connectivity index (χ0v) is 12.5. The van der Waals surface area contributed by atoms with Crippen LogP contribution in [0.5, 0.6) is 11.5 Å². The fourth-order valence-corrected chi connectivity index (χ4v) is 1.84. The number of benzene rings is 1. The summed E-state index contributed by atoms with van der Waals surface area (Å²) in [6.07, 6.45) is 0. The van der Waals surface area contributed by atoms with Crippen molar-refractivity contribution < 1.29 is 19.4 Å². The van der Waals surface area contributed by atoms with Crippen LogP contribution in [0.2, 0.25) is 0 Å². The molecule has 1 unspecified atom stereocenters. The van der Waals surface area contributed by atoms with Gasteiger partial charge in [0.15, 0.2) is 11.5 Å². The summed E-state index contributed by atoms with van der Waals surface area (Å²) in [5.74, 6) is 0.631. The minimum absolute atomic E-state index is 0.376. The zero-order chi connectivity index (χ0) is 15.1. The average Bonchev–Trinajstić information content (AvgIpc) is 2.39. The Kier molecular flexibility index (Phi) is 6.31. The van der Waals surface area contributed by atoms with E-state index in [1.54, 1.807) is 25.3 Å². The molecule has 0 spiro atoms. The predicted octanol–water partition coefficient (Wildman–Crippen LogP) is 2.47. The van der Waals surface area contributed by atoms with Gasteiger partial charge in [0.2, 0.25) is 0 Å². The maximum Gasteiger partial charge on any atom is 0.325 e. The third-order valence-electron chi connectivity index (χ3n) is 2.80. The molecule has 1 aromatic rings. The fourth-order valence-electron chi connectivity index (χ4n) is 1.84. The van der Waals surface area contributed by atoms with Crippen molar-refractivity contribution in [2.75, 3.05) is 20.3 Å². The van der Waals surface area contributed by atoms with Crippen molar-refractivity contribution >= 4 is 5.97 Å². The van der Waals surface area contributed by atoms with Crippen LogP contribution in [0.15, 0.2) is 18.2 Å². The van der Waals surface area contributed by atoms with Gasteiger partial charge in [-0.15, -0.1) is 0 Å². The average molecular weight is 281 g/mol. The topological polar surface area (TPSA) is 67.8 Å². The van der Waals surface area contributed by atoms with Gasteiger partial charge in [0.25, 0.3) is 0 Å². The van der Waals surface area contributed by atoms with Gasteiger partial charge in [0.1, 0.15) is 6.04 Å². The summed E-state index contributed by atoms with van der Waals surface area (Å²) in [6.45, 7) is 7.11. The van der Waals surface area contributed by atoms with Crippen molar-refractivity contribution in [1.29, 1.82) is 0 Å². The Labute approximate surface area is 119 Å². The molecule has 0 saturated heterocycles. The molecule has 0 bridgehead atoms. The Bertz CT molecular complexity index is 445. The van der Waals surface area contributed by atoms with Crippen molar-refractivity contribution in [3.8, 4) is 11.5 Å². The number of carboxylic acids is 1. The molecule has 0 aliphatic heterocycles. The number of rotatable bonds is 8. The lowest BCUT2D eigenvalue weighted by Gasteiger charge is -2.18. The van der Waals surface area contributed by atoms with Gasteiger partial charge >= 0.3 is 5.97 Å². The van der Waals surface area contributed by atoms with E-state index in [0.29, 0.717) is 36.1 Å². The number of nitrogens with one attached hydrogen (secondary N) is 1. The Balaban J connectivity index is 2.99. The van der Waals surface area contributed by atoms with Crippen LogP contribution in [0.4, 0.5) is 0 Å². The molecule has 2 N–H and O–H groups in total. The molecule has 0 heterocycles. The summed E-state index contributed by atoms with van der Waals surface area (Å²) in [4.78, 5) is 11.4. The van der Waals surface area contributed by atoms with Crippen molar-refractivity contribution in [2.24, 2.45) is 5.92 Å². The quantitative estimate of drug-likeness (QED) is 0.766. The highest BCUT2D eigenvalue weighted by Crippen LogP contribution is 2.30. The summed E-state index contributed by atoms with van der Waals surface area (Å²) in [5, 5.41) is 12.4. The summed E-state index contributed by atoms with van der Waals surface area (Å²) >= 11 is 0. The molecule has 0 saturated carbocycles. The van der Waals surface area contributed by atoms with Gasteiger partial charge < -0.3 is 19.9 Å². The van der Waals surface area contributed by atoms with Gasteiger partial charge in [0, 0.05) is 0 Å². The Morgan fingerprint density at radius 2 is 2.05 bits per heavy atom. The van der Waals surface area contributed by atoms with E-state index in [-0.39, 0.29) is 0 Å². The summed E-state index contributed by atoms with van der Waals surface area (Å²) in [7, 11) is 1.54. The largest absolute Gasteiger partial charge is 0.493 e. The summed E-state index contributed by atoms with van der Waals surface area (Å²) < 4.78 is 10.7. The minimum atomic E-state index is -0.906. The van der Waals surface area contributed by atoms with Gasteiger partial charge in [-0.3, -0.25) is 4.79 Å². The van der Waals surface area contributed by atoms with Crippen molar-refractivity contribution in [3.63, 3.8) is 0 Å². The van der Waals surface area contributed by atoms with E-state index in [2.05, 4.69) is 5.32 Å². The zero-order valence-electron chi connectivity index (χ0n) is 12.5. The number of carboxylic acid groups (broad SMARTS) is 1. The molecule has 0 aromatic heterocycles. The lowest BCUT2D eigenvalue weighted by molar-refractivity contribution is -0.139. The molecule has 112 valence electrons. The van der Waals surface area contributed by atoms with Crippen LogP contribution in [-0.2, 0) is 4.79 Å². The number of ether oxygens (including phenoxy) is 2. The first kappa shape index (κ1) is 16.3. The van der Waals surface area contributed by atoms with Gasteiger partial charge in [0.05, 0.1) is 13.7 Å². The lowest BCUT2D eigenvalue weighted by Crippen LogP contribution is -2.31. The SMILES string of the molecule is CCOc1ccc(C(NCC(C)C)C(=O)O)cc1OC. The van der Waals surface area contributed by atoms with E-state index in [1.165, 1.54) is 0 Å². The molecule has 1 atom stereocenters. The van der Waals surface area contributed by atoms with E-state index < -0.39 is 12.0 Å². The predicted molar refractivity (Wildman–Crippen MR) is 77.4 cm³/mol. The van der Waals surface area contributed by atoms with Crippen molar-refractivity contribution in [2.45, 2.75) is 26.8 Å². The molecule has 0 aliphatic carbocycles. The number of methoxy groups -OCH3 is 1. The molecular formula is C15H23NO4. The first-order valence-corrected chi connectivity index (χ1v) is 6.76. The van der Waals surface area contributed by atoms with Gasteiger partial charge in [-0.05, 0) is 37.1 Å². The fraction of sp³-hybridized carbons (Fsp3) is 0.533. The maximum absolute atomic E-state index is 11.4. The smallest absolute Gasteiger partial charge is 0.325 e. The van der Waals surface area contributed by atoms with Crippen LogP contribution in [-0.4, -0.2) is 31.3 Å². The van der Waals surface area contributed by atoms with E-state index in [9.17, 15) is 9.90 Å². The maximum atomic E-state index is 11.4. The Morgan fingerprint density at radius 3 is 2.55 bits per heavy atom. The molecule has 1 rings (SSSR count). The Morgan fingerprint density at radius 1 is 1.35 bits per heavy atom. The monoisotopic (exact) mass is 281 g/mol. The molecule has 0 aliphatic rings. The van der Waals surface area contributed by atoms with Crippen LogP contribution in [0.1, 0.15) is 32.4 Å². The number of aliphatic carboxylic acids is 1. The Hall–Kier alpha value is -1.75. The van der Waals surface area contributed by atoms with Gasteiger partial charge in [-0.25, -0.2) is 0 Å². The van der Waals surface area contributed by atoms with Crippen LogP contribution >= 0.6 is 0 Å². The highest BCUT2D eigenvalue weighted by molar-refractivity contribution is 5.76. The van der Waals surface area contributed by atoms with Crippen LogP contribution in [0, 0.1) is 5.92 Å². The van der Waals surface area contributed by atoms with E-state index >= 15 is 0 Å². The number of hydrogen-bond donors (Lipinski definition) is 2. The van der Waals surface area contributed by atoms with Crippen molar-refractivity contribution in [3.05, 3.63) is 23.8 Å². The summed E-state index contributed by atoms with van der Waals surface area (Å²) in [6, 6.07) is 4.45. The number of hydrogen-bond acceptors (Lipinski definition) is 4. The second-order valence-electron chi connectivity index (χ2n) is 4.92. The van der Waals surface area contributed by atoms with Crippen LogP contribution in [0.3, 0.4) is 0 Å². The lowest BCUT2D eigenvalue weighted by atomic mass is 10.1. The standard InChI is InChI=1S/C15H23NO4/c1-5-20-12-7-6-11(8-13(12)19-4)14(15(17)18)16-9-10(2)3/h6-8,10,14,16H,5,9H2,1-4H3,(H,17,18). The second kappa shape index (κ2) is 7.75. The first-order chi connectivity index (χ1) is 9.49.